The monoisotopic (exact) mass is 287 g/mol. The maximum atomic E-state index is 5.78. The molecule has 1 unspecified atom stereocenters. The summed E-state index contributed by atoms with van der Waals surface area (Å²) in [4.78, 5) is 4.48. The van der Waals surface area contributed by atoms with Gasteiger partial charge in [-0.05, 0) is 25.3 Å². The molecule has 1 N–H and O–H groups in total. The molecule has 2 aromatic rings. The fourth-order valence-electron chi connectivity index (χ4n) is 2.26. The molecule has 112 valence electrons. The quantitative estimate of drug-likeness (QED) is 0.808. The number of nitrogens with zero attached hydrogens (tertiary/aromatic N) is 2. The summed E-state index contributed by atoms with van der Waals surface area (Å²) in [6.45, 7) is 3.46. The summed E-state index contributed by atoms with van der Waals surface area (Å²) in [5, 5.41) is 7.53. The highest BCUT2D eigenvalue weighted by molar-refractivity contribution is 5.22. The Kier molecular flexibility index (Phi) is 4.62. The van der Waals surface area contributed by atoms with Crippen LogP contribution in [-0.2, 0) is 11.2 Å². The van der Waals surface area contributed by atoms with E-state index in [1.165, 1.54) is 12.8 Å². The third kappa shape index (κ3) is 3.89. The van der Waals surface area contributed by atoms with Crippen molar-refractivity contribution in [2.24, 2.45) is 0 Å². The Bertz CT molecular complexity index is 552. The standard InChI is InChI=1S/C16H21N3O2/c1-2-20-15(12-6-4-3-5-7-12)16-18-14(21-19-16)10-11-17-13-8-9-13/h3-7,13,15,17H,2,8-11H2,1H3. The first-order chi connectivity index (χ1) is 10.4. The molecule has 1 fully saturated rings. The van der Waals surface area contributed by atoms with Crippen LogP contribution in [0.5, 0.6) is 0 Å². The van der Waals surface area contributed by atoms with Crippen molar-refractivity contribution in [3.05, 3.63) is 47.6 Å². The van der Waals surface area contributed by atoms with Crippen molar-refractivity contribution in [1.29, 1.82) is 0 Å². The predicted octanol–water partition coefficient (Wildman–Crippen LogP) is 2.49. The van der Waals surface area contributed by atoms with Gasteiger partial charge in [0.2, 0.25) is 11.7 Å². The summed E-state index contributed by atoms with van der Waals surface area (Å²) >= 11 is 0. The molecule has 0 amide bonds. The molecule has 5 heteroatoms. The molecule has 1 aliphatic carbocycles. The van der Waals surface area contributed by atoms with E-state index in [1.54, 1.807) is 0 Å². The molecule has 0 radical (unpaired) electrons. The number of hydrogen-bond acceptors (Lipinski definition) is 5. The number of hydrogen-bond donors (Lipinski definition) is 1. The zero-order chi connectivity index (χ0) is 14.5. The van der Waals surface area contributed by atoms with Crippen LogP contribution in [0.1, 0.15) is 43.1 Å². The van der Waals surface area contributed by atoms with Crippen molar-refractivity contribution in [3.63, 3.8) is 0 Å². The van der Waals surface area contributed by atoms with E-state index in [1.807, 2.05) is 37.3 Å². The van der Waals surface area contributed by atoms with E-state index in [4.69, 9.17) is 9.26 Å². The van der Waals surface area contributed by atoms with E-state index in [2.05, 4.69) is 15.5 Å². The average Bonchev–Trinajstić information content (AvgIpc) is 3.23. The van der Waals surface area contributed by atoms with Crippen LogP contribution in [0, 0.1) is 0 Å². The zero-order valence-electron chi connectivity index (χ0n) is 12.3. The van der Waals surface area contributed by atoms with Crippen LogP contribution in [0.3, 0.4) is 0 Å². The molecule has 1 aromatic heterocycles. The third-order valence-corrected chi connectivity index (χ3v) is 3.50. The Morgan fingerprint density at radius 1 is 1.33 bits per heavy atom. The lowest BCUT2D eigenvalue weighted by Crippen LogP contribution is -2.19. The Morgan fingerprint density at radius 3 is 2.86 bits per heavy atom. The summed E-state index contributed by atoms with van der Waals surface area (Å²) in [5.41, 5.74) is 1.04. The SMILES string of the molecule is CCOC(c1ccccc1)c1noc(CCNC2CC2)n1. The van der Waals surface area contributed by atoms with Crippen LogP contribution in [0.25, 0.3) is 0 Å². The third-order valence-electron chi connectivity index (χ3n) is 3.50. The second kappa shape index (κ2) is 6.83. The lowest BCUT2D eigenvalue weighted by Gasteiger charge is -2.13. The van der Waals surface area contributed by atoms with Gasteiger partial charge in [-0.1, -0.05) is 35.5 Å². The van der Waals surface area contributed by atoms with Crippen LogP contribution < -0.4 is 5.32 Å². The average molecular weight is 287 g/mol. The van der Waals surface area contributed by atoms with Crippen molar-refractivity contribution in [3.8, 4) is 0 Å². The number of rotatable bonds is 8. The van der Waals surface area contributed by atoms with Gasteiger partial charge in [0, 0.05) is 25.6 Å². The number of ether oxygens (including phenoxy) is 1. The van der Waals surface area contributed by atoms with E-state index in [0.29, 0.717) is 24.4 Å². The Labute approximate surface area is 124 Å². The molecule has 3 rings (SSSR count). The van der Waals surface area contributed by atoms with Crippen molar-refractivity contribution in [2.45, 2.75) is 38.3 Å². The molecular weight excluding hydrogens is 266 g/mol. The second-order valence-electron chi connectivity index (χ2n) is 5.27. The number of aromatic nitrogens is 2. The summed E-state index contributed by atoms with van der Waals surface area (Å²) in [6.07, 6.45) is 3.08. The van der Waals surface area contributed by atoms with Crippen LogP contribution in [0.2, 0.25) is 0 Å². The largest absolute Gasteiger partial charge is 0.366 e. The maximum absolute atomic E-state index is 5.78. The fourth-order valence-corrected chi connectivity index (χ4v) is 2.26. The fraction of sp³-hybridized carbons (Fsp3) is 0.500. The van der Waals surface area contributed by atoms with Gasteiger partial charge in [-0.15, -0.1) is 0 Å². The van der Waals surface area contributed by atoms with Crippen LogP contribution >= 0.6 is 0 Å². The van der Waals surface area contributed by atoms with Gasteiger partial charge in [-0.3, -0.25) is 0 Å². The van der Waals surface area contributed by atoms with E-state index >= 15 is 0 Å². The number of nitrogens with one attached hydrogen (secondary N) is 1. The van der Waals surface area contributed by atoms with Gasteiger partial charge in [-0.2, -0.15) is 4.98 Å². The van der Waals surface area contributed by atoms with Gasteiger partial charge < -0.3 is 14.6 Å². The van der Waals surface area contributed by atoms with Crippen molar-refractivity contribution >= 4 is 0 Å². The highest BCUT2D eigenvalue weighted by Gasteiger charge is 2.22. The molecule has 21 heavy (non-hydrogen) atoms. The maximum Gasteiger partial charge on any atom is 0.228 e. The lowest BCUT2D eigenvalue weighted by molar-refractivity contribution is 0.0833. The smallest absolute Gasteiger partial charge is 0.228 e. The van der Waals surface area contributed by atoms with E-state index in [-0.39, 0.29) is 6.10 Å². The topological polar surface area (TPSA) is 60.2 Å². The molecule has 0 spiro atoms. The van der Waals surface area contributed by atoms with Gasteiger partial charge in [0.1, 0.15) is 6.10 Å². The predicted molar refractivity (Wildman–Crippen MR) is 78.9 cm³/mol. The minimum atomic E-state index is -0.259. The highest BCUT2D eigenvalue weighted by atomic mass is 16.5. The first kappa shape index (κ1) is 14.2. The molecule has 1 aliphatic rings. The first-order valence-corrected chi connectivity index (χ1v) is 7.59. The van der Waals surface area contributed by atoms with Crippen LogP contribution in [0.4, 0.5) is 0 Å². The Balaban J connectivity index is 1.66. The highest BCUT2D eigenvalue weighted by Crippen LogP contribution is 2.23. The normalized spacial score (nSPS) is 16.0. The summed E-state index contributed by atoms with van der Waals surface area (Å²) in [5.74, 6) is 1.27. The molecule has 1 heterocycles. The second-order valence-corrected chi connectivity index (χ2v) is 5.27. The molecule has 0 aliphatic heterocycles. The number of benzene rings is 1. The lowest BCUT2D eigenvalue weighted by atomic mass is 10.1. The van der Waals surface area contributed by atoms with E-state index in [0.717, 1.165) is 18.5 Å². The van der Waals surface area contributed by atoms with Crippen LogP contribution in [-0.4, -0.2) is 29.3 Å². The van der Waals surface area contributed by atoms with Gasteiger partial charge in [0.25, 0.3) is 0 Å². The van der Waals surface area contributed by atoms with Crippen molar-refractivity contribution in [1.82, 2.24) is 15.5 Å². The van der Waals surface area contributed by atoms with E-state index < -0.39 is 0 Å². The minimum absolute atomic E-state index is 0.259. The Hall–Kier alpha value is -1.72. The summed E-state index contributed by atoms with van der Waals surface area (Å²) in [7, 11) is 0. The molecule has 1 atom stereocenters. The molecule has 0 bridgehead atoms. The van der Waals surface area contributed by atoms with Gasteiger partial charge >= 0.3 is 0 Å². The van der Waals surface area contributed by atoms with Crippen molar-refractivity contribution < 1.29 is 9.26 Å². The molecular formula is C16H21N3O2. The summed E-state index contributed by atoms with van der Waals surface area (Å²) < 4.78 is 11.1. The van der Waals surface area contributed by atoms with Gasteiger partial charge in [-0.25, -0.2) is 0 Å². The minimum Gasteiger partial charge on any atom is -0.366 e. The molecule has 0 saturated heterocycles. The molecule has 1 aromatic carbocycles. The van der Waals surface area contributed by atoms with Gasteiger partial charge in [0.15, 0.2) is 0 Å². The zero-order valence-corrected chi connectivity index (χ0v) is 12.3. The first-order valence-electron chi connectivity index (χ1n) is 7.59. The summed E-state index contributed by atoms with van der Waals surface area (Å²) in [6, 6.07) is 10.7. The molecule has 5 nitrogen and oxygen atoms in total. The molecule has 1 saturated carbocycles. The van der Waals surface area contributed by atoms with Gasteiger partial charge in [0.05, 0.1) is 0 Å². The van der Waals surface area contributed by atoms with E-state index in [9.17, 15) is 0 Å². The van der Waals surface area contributed by atoms with Crippen LogP contribution in [0.15, 0.2) is 34.9 Å². The Morgan fingerprint density at radius 2 is 2.14 bits per heavy atom. The van der Waals surface area contributed by atoms with Crippen molar-refractivity contribution in [2.75, 3.05) is 13.2 Å².